The Kier molecular flexibility index (Phi) is 3.89. The van der Waals surface area contributed by atoms with Crippen molar-refractivity contribution in [3.8, 4) is 11.3 Å². The summed E-state index contributed by atoms with van der Waals surface area (Å²) in [4.78, 5) is 0. The number of nitrogens with zero attached hydrogens (tertiary/aromatic N) is 3. The third kappa shape index (κ3) is 2.79. The van der Waals surface area contributed by atoms with Crippen molar-refractivity contribution in [2.24, 2.45) is 5.73 Å². The highest BCUT2D eigenvalue weighted by Gasteiger charge is 2.02. The predicted molar refractivity (Wildman–Crippen MR) is 71.8 cm³/mol. The van der Waals surface area contributed by atoms with Gasteiger partial charge in [0.1, 0.15) is 5.69 Å². The molecule has 1 heterocycles. The number of nitrogens with two attached hydrogens (primary N) is 1. The van der Waals surface area contributed by atoms with E-state index in [4.69, 9.17) is 5.73 Å². The SMILES string of the molecule is NCCCn1cc(-c2ccc(I)cc2)nn1. The van der Waals surface area contributed by atoms with Gasteiger partial charge in [0, 0.05) is 15.7 Å². The van der Waals surface area contributed by atoms with Crippen molar-refractivity contribution >= 4 is 22.6 Å². The summed E-state index contributed by atoms with van der Waals surface area (Å²) in [7, 11) is 0. The first-order valence-electron chi connectivity index (χ1n) is 5.16. The number of aromatic nitrogens is 3. The minimum absolute atomic E-state index is 0.679. The number of aryl methyl sites for hydroxylation is 1. The largest absolute Gasteiger partial charge is 0.330 e. The van der Waals surface area contributed by atoms with Crippen LogP contribution in [0, 0.1) is 3.57 Å². The standard InChI is InChI=1S/C11H13IN4/c12-10-4-2-9(3-5-10)11-8-16(15-14-11)7-1-6-13/h2-5,8H,1,6-7,13H2. The topological polar surface area (TPSA) is 56.7 Å². The Morgan fingerprint density at radius 2 is 2.00 bits per heavy atom. The van der Waals surface area contributed by atoms with Gasteiger partial charge in [-0.15, -0.1) is 5.10 Å². The molecule has 5 heteroatoms. The molecule has 1 aromatic heterocycles. The lowest BCUT2D eigenvalue weighted by atomic mass is 10.2. The first-order chi connectivity index (χ1) is 7.79. The van der Waals surface area contributed by atoms with E-state index in [-0.39, 0.29) is 0 Å². The third-order valence-corrected chi connectivity index (χ3v) is 2.99. The molecule has 0 fully saturated rings. The molecule has 2 aromatic rings. The maximum absolute atomic E-state index is 5.45. The summed E-state index contributed by atoms with van der Waals surface area (Å²) < 4.78 is 3.05. The van der Waals surface area contributed by atoms with Crippen LogP contribution in [0.5, 0.6) is 0 Å². The van der Waals surface area contributed by atoms with Crippen molar-refractivity contribution in [2.75, 3.05) is 6.54 Å². The quantitative estimate of drug-likeness (QED) is 0.872. The summed E-state index contributed by atoms with van der Waals surface area (Å²) in [5.41, 5.74) is 7.46. The van der Waals surface area contributed by atoms with Crippen LogP contribution in [0.1, 0.15) is 6.42 Å². The maximum atomic E-state index is 5.45. The van der Waals surface area contributed by atoms with Crippen molar-refractivity contribution in [3.63, 3.8) is 0 Å². The average molecular weight is 328 g/mol. The summed E-state index contributed by atoms with van der Waals surface area (Å²) in [5.74, 6) is 0. The fourth-order valence-electron chi connectivity index (χ4n) is 1.41. The third-order valence-electron chi connectivity index (χ3n) is 2.27. The lowest BCUT2D eigenvalue weighted by Crippen LogP contribution is -2.06. The predicted octanol–water partition coefficient (Wildman–Crippen LogP) is 1.90. The van der Waals surface area contributed by atoms with Crippen LogP contribution in [-0.2, 0) is 6.54 Å². The van der Waals surface area contributed by atoms with E-state index in [0.29, 0.717) is 6.54 Å². The molecular weight excluding hydrogens is 315 g/mol. The highest BCUT2D eigenvalue weighted by molar-refractivity contribution is 14.1. The van der Waals surface area contributed by atoms with E-state index >= 15 is 0 Å². The minimum Gasteiger partial charge on any atom is -0.330 e. The Balaban J connectivity index is 2.15. The lowest BCUT2D eigenvalue weighted by Gasteiger charge is -1.96. The Morgan fingerprint density at radius 3 is 2.69 bits per heavy atom. The molecule has 0 bridgehead atoms. The van der Waals surface area contributed by atoms with Crippen LogP contribution in [0.3, 0.4) is 0 Å². The summed E-state index contributed by atoms with van der Waals surface area (Å²) >= 11 is 2.28. The summed E-state index contributed by atoms with van der Waals surface area (Å²) in [6, 6.07) is 8.24. The Bertz CT molecular complexity index is 449. The van der Waals surface area contributed by atoms with Gasteiger partial charge >= 0.3 is 0 Å². The second kappa shape index (κ2) is 5.40. The van der Waals surface area contributed by atoms with Crippen LogP contribution in [0.25, 0.3) is 11.3 Å². The molecule has 84 valence electrons. The monoisotopic (exact) mass is 328 g/mol. The van der Waals surface area contributed by atoms with E-state index < -0.39 is 0 Å². The molecule has 4 nitrogen and oxygen atoms in total. The Hall–Kier alpha value is -0.950. The van der Waals surface area contributed by atoms with Crippen LogP contribution in [-0.4, -0.2) is 21.5 Å². The van der Waals surface area contributed by atoms with Crippen LogP contribution in [0.2, 0.25) is 0 Å². The molecule has 0 radical (unpaired) electrons. The molecule has 0 atom stereocenters. The smallest absolute Gasteiger partial charge is 0.113 e. The van der Waals surface area contributed by atoms with Crippen molar-refractivity contribution in [3.05, 3.63) is 34.0 Å². The first kappa shape index (κ1) is 11.5. The molecule has 2 N–H and O–H groups in total. The molecule has 0 aliphatic heterocycles. The molecule has 1 aromatic carbocycles. The number of hydrogen-bond acceptors (Lipinski definition) is 3. The fourth-order valence-corrected chi connectivity index (χ4v) is 1.77. The number of hydrogen-bond donors (Lipinski definition) is 1. The molecule has 0 saturated carbocycles. The van der Waals surface area contributed by atoms with Gasteiger partial charge in [0.2, 0.25) is 0 Å². The zero-order chi connectivity index (χ0) is 11.4. The zero-order valence-electron chi connectivity index (χ0n) is 8.81. The first-order valence-corrected chi connectivity index (χ1v) is 6.23. The molecule has 16 heavy (non-hydrogen) atoms. The second-order valence-corrected chi connectivity index (χ2v) is 4.76. The highest BCUT2D eigenvalue weighted by Crippen LogP contribution is 2.17. The van der Waals surface area contributed by atoms with E-state index in [2.05, 4.69) is 57.2 Å². The van der Waals surface area contributed by atoms with E-state index in [1.165, 1.54) is 3.57 Å². The van der Waals surface area contributed by atoms with Gasteiger partial charge in [-0.05, 0) is 47.7 Å². The van der Waals surface area contributed by atoms with Gasteiger partial charge in [0.15, 0.2) is 0 Å². The van der Waals surface area contributed by atoms with Gasteiger partial charge in [-0.1, -0.05) is 17.3 Å². The normalized spacial score (nSPS) is 10.6. The minimum atomic E-state index is 0.679. The highest BCUT2D eigenvalue weighted by atomic mass is 127. The van der Waals surface area contributed by atoms with E-state index in [1.807, 2.05) is 10.9 Å². The van der Waals surface area contributed by atoms with Crippen molar-refractivity contribution in [1.29, 1.82) is 0 Å². The number of benzene rings is 1. The van der Waals surface area contributed by atoms with Gasteiger partial charge in [-0.3, -0.25) is 4.68 Å². The summed E-state index contributed by atoms with van der Waals surface area (Å²) in [6.45, 7) is 1.51. The molecule has 0 aliphatic rings. The molecule has 0 saturated heterocycles. The zero-order valence-corrected chi connectivity index (χ0v) is 11.0. The maximum Gasteiger partial charge on any atom is 0.113 e. The van der Waals surface area contributed by atoms with Crippen LogP contribution >= 0.6 is 22.6 Å². The fraction of sp³-hybridized carbons (Fsp3) is 0.273. The number of rotatable bonds is 4. The van der Waals surface area contributed by atoms with Gasteiger partial charge in [-0.25, -0.2) is 0 Å². The molecular formula is C11H13IN4. The second-order valence-electron chi connectivity index (χ2n) is 3.52. The van der Waals surface area contributed by atoms with Crippen LogP contribution in [0.4, 0.5) is 0 Å². The van der Waals surface area contributed by atoms with Gasteiger partial charge in [0.25, 0.3) is 0 Å². The van der Waals surface area contributed by atoms with Gasteiger partial charge < -0.3 is 5.73 Å². The van der Waals surface area contributed by atoms with Crippen LogP contribution < -0.4 is 5.73 Å². The molecule has 2 rings (SSSR count). The van der Waals surface area contributed by atoms with E-state index in [1.54, 1.807) is 0 Å². The van der Waals surface area contributed by atoms with Gasteiger partial charge in [0.05, 0.1) is 6.20 Å². The van der Waals surface area contributed by atoms with Crippen molar-refractivity contribution in [1.82, 2.24) is 15.0 Å². The molecule has 0 amide bonds. The lowest BCUT2D eigenvalue weighted by molar-refractivity contribution is 0.564. The van der Waals surface area contributed by atoms with E-state index in [0.717, 1.165) is 24.2 Å². The molecule has 0 spiro atoms. The van der Waals surface area contributed by atoms with Gasteiger partial charge in [-0.2, -0.15) is 0 Å². The van der Waals surface area contributed by atoms with E-state index in [9.17, 15) is 0 Å². The molecule has 0 aliphatic carbocycles. The summed E-state index contributed by atoms with van der Waals surface area (Å²) in [5, 5.41) is 8.20. The Morgan fingerprint density at radius 1 is 1.25 bits per heavy atom. The molecule has 0 unspecified atom stereocenters. The number of halogens is 1. The Labute approximate surface area is 108 Å². The average Bonchev–Trinajstić information content (AvgIpc) is 2.76. The van der Waals surface area contributed by atoms with Crippen LogP contribution in [0.15, 0.2) is 30.5 Å². The van der Waals surface area contributed by atoms with Crippen molar-refractivity contribution in [2.45, 2.75) is 13.0 Å². The van der Waals surface area contributed by atoms with Crippen molar-refractivity contribution < 1.29 is 0 Å². The summed E-state index contributed by atoms with van der Waals surface area (Å²) in [6.07, 6.45) is 2.88.